The van der Waals surface area contributed by atoms with Gasteiger partial charge in [-0.05, 0) is 37.1 Å². The molecular formula is C21H27F3N4O4. The second-order valence-corrected chi connectivity index (χ2v) is 7.06. The maximum atomic E-state index is 13.4. The van der Waals surface area contributed by atoms with Crippen LogP contribution in [0.2, 0.25) is 0 Å². The number of rotatable bonds is 10. The molecule has 3 N–H and O–H groups in total. The fourth-order valence-electron chi connectivity index (χ4n) is 3.24. The first-order valence-corrected chi connectivity index (χ1v) is 10.0. The van der Waals surface area contributed by atoms with Crippen molar-refractivity contribution >= 4 is 18.0 Å². The van der Waals surface area contributed by atoms with Gasteiger partial charge in [0.15, 0.2) is 6.61 Å². The van der Waals surface area contributed by atoms with E-state index in [0.717, 1.165) is 0 Å². The van der Waals surface area contributed by atoms with Gasteiger partial charge in [0.25, 0.3) is 5.91 Å². The van der Waals surface area contributed by atoms with Gasteiger partial charge in [0.2, 0.25) is 0 Å². The lowest BCUT2D eigenvalue weighted by molar-refractivity contribution is -0.132. The molecular weight excluding hydrogens is 429 g/mol. The minimum Gasteiger partial charge on any atom is -0.484 e. The summed E-state index contributed by atoms with van der Waals surface area (Å²) in [5.41, 5.74) is -0.537. The van der Waals surface area contributed by atoms with Crippen molar-refractivity contribution in [1.82, 2.24) is 9.80 Å². The van der Waals surface area contributed by atoms with E-state index in [-0.39, 0.29) is 39.0 Å². The molecule has 1 unspecified atom stereocenters. The zero-order valence-electron chi connectivity index (χ0n) is 17.7. The molecule has 1 aromatic rings. The first-order valence-electron chi connectivity index (χ1n) is 10.0. The third-order valence-corrected chi connectivity index (χ3v) is 4.96. The van der Waals surface area contributed by atoms with Gasteiger partial charge in [-0.2, -0.15) is 13.2 Å². The summed E-state index contributed by atoms with van der Waals surface area (Å²) >= 11 is 0. The highest BCUT2D eigenvalue weighted by molar-refractivity contribution is 6.00. The molecule has 0 bridgehead atoms. The van der Waals surface area contributed by atoms with E-state index in [1.165, 1.54) is 9.80 Å². The van der Waals surface area contributed by atoms with Gasteiger partial charge < -0.3 is 29.8 Å². The van der Waals surface area contributed by atoms with Crippen molar-refractivity contribution in [1.29, 1.82) is 10.8 Å². The molecule has 8 nitrogen and oxygen atoms in total. The van der Waals surface area contributed by atoms with Crippen LogP contribution in [-0.4, -0.2) is 78.1 Å². The molecule has 0 aromatic heterocycles. The number of nitrogens with one attached hydrogen (secondary N) is 2. The largest absolute Gasteiger partial charge is 0.484 e. The average Bonchev–Trinajstić information content (AvgIpc) is 3.25. The van der Waals surface area contributed by atoms with Crippen LogP contribution >= 0.6 is 0 Å². The SMILES string of the molecule is CCOCN(C(=N)/C(=C\C=N)C(F)(F)F)C1CCN(C(=O)COc2ccc(CO)cc2)C1. The lowest BCUT2D eigenvalue weighted by Gasteiger charge is -2.32. The van der Waals surface area contributed by atoms with Crippen LogP contribution in [0.5, 0.6) is 5.75 Å². The van der Waals surface area contributed by atoms with Crippen molar-refractivity contribution in [2.75, 3.05) is 33.0 Å². The summed E-state index contributed by atoms with van der Waals surface area (Å²) in [5, 5.41) is 24.2. The Balaban J connectivity index is 2.03. The highest BCUT2D eigenvalue weighted by atomic mass is 19.4. The lowest BCUT2D eigenvalue weighted by atomic mass is 10.1. The lowest BCUT2D eigenvalue weighted by Crippen LogP contribution is -2.46. The molecule has 32 heavy (non-hydrogen) atoms. The van der Waals surface area contributed by atoms with Crippen LogP contribution in [0.15, 0.2) is 35.9 Å². The van der Waals surface area contributed by atoms with E-state index in [1.807, 2.05) is 0 Å². The summed E-state index contributed by atoms with van der Waals surface area (Å²) in [7, 11) is 0. The minimum absolute atomic E-state index is 0.104. The first-order chi connectivity index (χ1) is 15.2. The van der Waals surface area contributed by atoms with Gasteiger partial charge >= 0.3 is 6.18 Å². The molecule has 1 aliphatic heterocycles. The van der Waals surface area contributed by atoms with Gasteiger partial charge in [0.1, 0.15) is 18.3 Å². The number of hydrogen-bond acceptors (Lipinski definition) is 6. The molecule has 0 saturated carbocycles. The summed E-state index contributed by atoms with van der Waals surface area (Å²) in [6, 6.07) is 6.06. The number of aliphatic hydroxyl groups excluding tert-OH is 1. The Bertz CT molecular complexity index is 827. The summed E-state index contributed by atoms with van der Waals surface area (Å²) in [5.74, 6) is -0.667. The normalized spacial score (nSPS) is 16.7. The number of benzene rings is 1. The number of amides is 1. The van der Waals surface area contributed by atoms with Gasteiger partial charge in [-0.25, -0.2) is 0 Å². The Morgan fingerprint density at radius 3 is 2.59 bits per heavy atom. The molecule has 1 aliphatic rings. The van der Waals surface area contributed by atoms with Crippen molar-refractivity contribution in [2.24, 2.45) is 0 Å². The van der Waals surface area contributed by atoms with Crippen LogP contribution in [0.1, 0.15) is 18.9 Å². The Morgan fingerprint density at radius 1 is 1.34 bits per heavy atom. The number of hydrogen-bond donors (Lipinski definition) is 3. The Morgan fingerprint density at radius 2 is 2.03 bits per heavy atom. The number of amidine groups is 1. The number of aliphatic hydroxyl groups is 1. The maximum absolute atomic E-state index is 13.4. The molecule has 0 radical (unpaired) electrons. The van der Waals surface area contributed by atoms with E-state index in [9.17, 15) is 18.0 Å². The first kappa shape index (κ1) is 25.3. The molecule has 11 heteroatoms. The number of nitrogens with zero attached hydrogens (tertiary/aromatic N) is 2. The second kappa shape index (κ2) is 11.6. The van der Waals surface area contributed by atoms with Gasteiger partial charge in [0.05, 0.1) is 18.2 Å². The number of ether oxygens (including phenoxy) is 2. The highest BCUT2D eigenvalue weighted by Gasteiger charge is 2.41. The van der Waals surface area contributed by atoms with Crippen molar-refractivity contribution in [3.63, 3.8) is 0 Å². The number of allylic oxidation sites excluding steroid dienone is 1. The van der Waals surface area contributed by atoms with Crippen LogP contribution in [0, 0.1) is 10.8 Å². The topological polar surface area (TPSA) is 110 Å². The van der Waals surface area contributed by atoms with Crippen LogP contribution in [-0.2, 0) is 16.1 Å². The highest BCUT2D eigenvalue weighted by Crippen LogP contribution is 2.29. The molecule has 0 spiro atoms. The quantitative estimate of drug-likeness (QED) is 0.285. The predicted molar refractivity (Wildman–Crippen MR) is 112 cm³/mol. The van der Waals surface area contributed by atoms with Crippen molar-refractivity contribution in [3.05, 3.63) is 41.5 Å². The zero-order chi connectivity index (χ0) is 23.7. The molecule has 1 saturated heterocycles. The average molecular weight is 456 g/mol. The number of carbonyl (C=O) groups excluding carboxylic acids is 1. The third-order valence-electron chi connectivity index (χ3n) is 4.96. The molecule has 0 aliphatic carbocycles. The number of halogens is 3. The molecule has 1 heterocycles. The maximum Gasteiger partial charge on any atom is 0.419 e. The van der Waals surface area contributed by atoms with E-state index >= 15 is 0 Å². The molecule has 1 fully saturated rings. The minimum atomic E-state index is -4.80. The molecule has 176 valence electrons. The number of alkyl halides is 3. The fourth-order valence-corrected chi connectivity index (χ4v) is 3.24. The van der Waals surface area contributed by atoms with Gasteiger partial charge in [-0.1, -0.05) is 12.1 Å². The van der Waals surface area contributed by atoms with Crippen molar-refractivity contribution in [2.45, 2.75) is 32.2 Å². The summed E-state index contributed by atoms with van der Waals surface area (Å²) < 4.78 is 50.8. The standard InChI is InChI=1S/C21H27F3N4O4/c1-2-31-14-28(20(26)18(7-9-25)21(22,23)24)16-8-10-27(11-16)19(30)13-32-17-5-3-15(12-29)4-6-17/h3-7,9,16,25-26,29H,2,8,10-14H2,1H3/b18-7+,25-9?,26-20?. The van der Waals surface area contributed by atoms with E-state index in [1.54, 1.807) is 31.2 Å². The monoisotopic (exact) mass is 456 g/mol. The summed E-state index contributed by atoms with van der Waals surface area (Å²) in [6.45, 7) is 1.79. The van der Waals surface area contributed by atoms with E-state index < -0.39 is 23.6 Å². The molecule has 1 aromatic carbocycles. The Labute approximate surface area is 184 Å². The van der Waals surface area contributed by atoms with Gasteiger partial charge in [0, 0.05) is 25.9 Å². The molecule has 2 rings (SSSR count). The van der Waals surface area contributed by atoms with Crippen LogP contribution in [0.25, 0.3) is 0 Å². The van der Waals surface area contributed by atoms with Crippen LogP contribution in [0.3, 0.4) is 0 Å². The van der Waals surface area contributed by atoms with Crippen molar-refractivity contribution in [3.8, 4) is 5.75 Å². The smallest absolute Gasteiger partial charge is 0.419 e. The number of carbonyl (C=O) groups is 1. The Kier molecular flexibility index (Phi) is 9.21. The van der Waals surface area contributed by atoms with Crippen LogP contribution < -0.4 is 4.74 Å². The van der Waals surface area contributed by atoms with Gasteiger partial charge in [-0.15, -0.1) is 0 Å². The predicted octanol–water partition coefficient (Wildman–Crippen LogP) is 2.57. The second-order valence-electron chi connectivity index (χ2n) is 7.06. The molecule has 1 atom stereocenters. The molecule has 1 amide bonds. The summed E-state index contributed by atoms with van der Waals surface area (Å²) in [4.78, 5) is 15.2. The summed E-state index contributed by atoms with van der Waals surface area (Å²) in [6.07, 6.45) is -3.41. The third kappa shape index (κ3) is 6.79. The van der Waals surface area contributed by atoms with Crippen molar-refractivity contribution < 1.29 is 32.5 Å². The number of likely N-dealkylation sites (tertiary alicyclic amines) is 1. The van der Waals surface area contributed by atoms with E-state index in [2.05, 4.69) is 0 Å². The Hall–Kier alpha value is -2.92. The van der Waals surface area contributed by atoms with Crippen LogP contribution in [0.4, 0.5) is 13.2 Å². The van der Waals surface area contributed by atoms with E-state index in [4.69, 9.17) is 25.4 Å². The zero-order valence-corrected chi connectivity index (χ0v) is 17.7. The fraction of sp³-hybridized carbons (Fsp3) is 0.476. The van der Waals surface area contributed by atoms with E-state index in [0.29, 0.717) is 36.6 Å². The van der Waals surface area contributed by atoms with Gasteiger partial charge in [-0.3, -0.25) is 10.2 Å².